The van der Waals surface area contributed by atoms with Crippen LogP contribution in [-0.2, 0) is 21.0 Å². The molecule has 0 unspecified atom stereocenters. The molecule has 2 aromatic carbocycles. The van der Waals surface area contributed by atoms with E-state index >= 15 is 0 Å². The molecule has 136 valence electrons. The van der Waals surface area contributed by atoms with Gasteiger partial charge in [0.25, 0.3) is 5.91 Å². The van der Waals surface area contributed by atoms with Crippen molar-refractivity contribution < 1.29 is 14.4 Å². The predicted octanol–water partition coefficient (Wildman–Crippen LogP) is 1.80. The first-order chi connectivity index (χ1) is 13.2. The topological polar surface area (TPSA) is 89.7 Å². The number of rotatable bonds is 7. The van der Waals surface area contributed by atoms with Crippen molar-refractivity contribution in [3.63, 3.8) is 0 Å². The normalized spacial score (nSPS) is 11.1. The summed E-state index contributed by atoms with van der Waals surface area (Å²) in [6, 6.07) is 18.2. The number of amides is 2. The molecule has 3 aromatic rings. The number of nitrogens with zero attached hydrogens (tertiary/aromatic N) is 5. The van der Waals surface area contributed by atoms with Crippen molar-refractivity contribution in [3.8, 4) is 5.69 Å². The van der Waals surface area contributed by atoms with E-state index in [2.05, 4.69) is 15.2 Å². The van der Waals surface area contributed by atoms with Gasteiger partial charge in [0, 0.05) is 5.56 Å². The minimum absolute atomic E-state index is 0.0210. The van der Waals surface area contributed by atoms with Crippen LogP contribution < -0.4 is 0 Å². The fraction of sp³-hybridized carbons (Fsp3) is 0.105. The Bertz CT molecular complexity index is 938. The molecule has 27 heavy (non-hydrogen) atoms. The molecule has 0 fully saturated rings. The number of benzene rings is 2. The second-order valence-electron chi connectivity index (χ2n) is 5.47. The van der Waals surface area contributed by atoms with Crippen LogP contribution in [0.15, 0.2) is 72.1 Å². The van der Waals surface area contributed by atoms with Crippen molar-refractivity contribution in [1.82, 2.24) is 19.7 Å². The van der Waals surface area contributed by atoms with E-state index in [-0.39, 0.29) is 12.3 Å². The zero-order valence-corrected chi connectivity index (χ0v) is 14.6. The van der Waals surface area contributed by atoms with Gasteiger partial charge in [0.2, 0.25) is 6.41 Å². The number of hydrogen-bond donors (Lipinski definition) is 0. The van der Waals surface area contributed by atoms with Gasteiger partial charge in [-0.15, -0.1) is 5.10 Å². The zero-order valence-electron chi connectivity index (χ0n) is 14.6. The molecule has 1 heterocycles. The average molecular weight is 363 g/mol. The summed E-state index contributed by atoms with van der Waals surface area (Å²) in [7, 11) is 1.34. The van der Waals surface area contributed by atoms with E-state index in [0.717, 1.165) is 10.6 Å². The molecule has 1 aromatic heterocycles. The molecule has 0 spiro atoms. The van der Waals surface area contributed by atoms with Crippen LogP contribution in [0.1, 0.15) is 11.4 Å². The molecule has 0 radical (unpaired) electrons. The Morgan fingerprint density at radius 1 is 1.15 bits per heavy atom. The van der Waals surface area contributed by atoms with Gasteiger partial charge in [0.15, 0.2) is 11.5 Å². The molecule has 0 saturated heterocycles. The maximum atomic E-state index is 12.8. The Kier molecular flexibility index (Phi) is 5.68. The van der Waals surface area contributed by atoms with Crippen LogP contribution in [0.2, 0.25) is 0 Å². The number of imide groups is 1. The van der Waals surface area contributed by atoms with Gasteiger partial charge >= 0.3 is 0 Å². The first-order valence-electron chi connectivity index (χ1n) is 8.11. The number of hydrogen-bond acceptors (Lipinski definition) is 6. The van der Waals surface area contributed by atoms with Crippen LogP contribution in [0.25, 0.3) is 5.69 Å². The number of carbonyl (C=O) groups is 2. The van der Waals surface area contributed by atoms with Crippen molar-refractivity contribution in [3.05, 3.63) is 78.4 Å². The van der Waals surface area contributed by atoms with E-state index in [1.165, 1.54) is 13.4 Å². The van der Waals surface area contributed by atoms with Crippen LogP contribution in [0.5, 0.6) is 0 Å². The minimum Gasteiger partial charge on any atom is -0.398 e. The lowest BCUT2D eigenvalue weighted by Gasteiger charge is -2.14. The van der Waals surface area contributed by atoms with E-state index in [4.69, 9.17) is 4.84 Å². The lowest BCUT2D eigenvalue weighted by atomic mass is 10.1. The molecule has 0 saturated carbocycles. The highest BCUT2D eigenvalue weighted by atomic mass is 16.6. The summed E-state index contributed by atoms with van der Waals surface area (Å²) < 4.78 is 1.57. The molecule has 3 rings (SSSR count). The third-order valence-corrected chi connectivity index (χ3v) is 3.69. The van der Waals surface area contributed by atoms with Gasteiger partial charge in [-0.3, -0.25) is 14.5 Å². The van der Waals surface area contributed by atoms with Gasteiger partial charge in [-0.2, -0.15) is 0 Å². The van der Waals surface area contributed by atoms with E-state index in [0.29, 0.717) is 17.8 Å². The first-order valence-corrected chi connectivity index (χ1v) is 8.11. The van der Waals surface area contributed by atoms with Gasteiger partial charge in [-0.25, -0.2) is 9.67 Å². The van der Waals surface area contributed by atoms with E-state index in [1.807, 2.05) is 36.4 Å². The van der Waals surface area contributed by atoms with Gasteiger partial charge in [0.05, 0.1) is 12.2 Å². The monoisotopic (exact) mass is 363 g/mol. The number of carbonyl (C=O) groups excluding carboxylic acids is 2. The predicted molar refractivity (Wildman–Crippen MR) is 98.0 cm³/mol. The highest BCUT2D eigenvalue weighted by Gasteiger charge is 2.23. The summed E-state index contributed by atoms with van der Waals surface area (Å²) in [6.07, 6.45) is 1.96. The SMILES string of the molecule is CON=C(C(=O)N(C=O)Cc1ncn(-c2ccccc2)n1)c1ccccc1. The number of aromatic nitrogens is 3. The Morgan fingerprint density at radius 2 is 1.81 bits per heavy atom. The fourth-order valence-corrected chi connectivity index (χ4v) is 2.42. The van der Waals surface area contributed by atoms with Crippen LogP contribution in [0.4, 0.5) is 0 Å². The Balaban J connectivity index is 1.80. The van der Waals surface area contributed by atoms with Gasteiger partial charge < -0.3 is 4.84 Å². The molecule has 8 nitrogen and oxygen atoms in total. The zero-order chi connectivity index (χ0) is 19.1. The van der Waals surface area contributed by atoms with Gasteiger partial charge in [-0.05, 0) is 12.1 Å². The van der Waals surface area contributed by atoms with Crippen LogP contribution >= 0.6 is 0 Å². The van der Waals surface area contributed by atoms with E-state index < -0.39 is 5.91 Å². The lowest BCUT2D eigenvalue weighted by molar-refractivity contribution is -0.133. The van der Waals surface area contributed by atoms with Crippen molar-refractivity contribution in [2.45, 2.75) is 6.54 Å². The summed E-state index contributed by atoms with van der Waals surface area (Å²) in [5.74, 6) is -0.279. The summed E-state index contributed by atoms with van der Waals surface area (Å²) in [4.78, 5) is 34.2. The second-order valence-corrected chi connectivity index (χ2v) is 5.47. The molecule has 0 N–H and O–H groups in total. The minimum atomic E-state index is -0.603. The molecule has 0 aliphatic carbocycles. The van der Waals surface area contributed by atoms with Crippen LogP contribution in [0, 0.1) is 0 Å². The highest BCUT2D eigenvalue weighted by molar-refractivity contribution is 6.46. The molecule has 0 bridgehead atoms. The number of oxime groups is 1. The Morgan fingerprint density at radius 3 is 2.44 bits per heavy atom. The van der Waals surface area contributed by atoms with Crippen molar-refractivity contribution in [2.75, 3.05) is 7.11 Å². The van der Waals surface area contributed by atoms with Crippen molar-refractivity contribution in [1.29, 1.82) is 0 Å². The third-order valence-electron chi connectivity index (χ3n) is 3.69. The van der Waals surface area contributed by atoms with Crippen LogP contribution in [0.3, 0.4) is 0 Å². The molecular weight excluding hydrogens is 346 g/mol. The second kappa shape index (κ2) is 8.52. The standard InChI is InChI=1S/C19H17N5O3/c1-27-22-18(15-8-4-2-5-9-15)19(26)23(14-25)12-17-20-13-24(21-17)16-10-6-3-7-11-16/h2-11,13-14H,12H2,1H3. The molecule has 2 amide bonds. The maximum absolute atomic E-state index is 12.8. The highest BCUT2D eigenvalue weighted by Crippen LogP contribution is 2.09. The van der Waals surface area contributed by atoms with Crippen molar-refractivity contribution >= 4 is 18.0 Å². The summed E-state index contributed by atoms with van der Waals surface area (Å²) >= 11 is 0. The molecule has 0 aliphatic rings. The largest absolute Gasteiger partial charge is 0.398 e. The fourth-order valence-electron chi connectivity index (χ4n) is 2.42. The lowest BCUT2D eigenvalue weighted by Crippen LogP contribution is -2.36. The number of para-hydroxylation sites is 1. The Hall–Kier alpha value is -3.81. The average Bonchev–Trinajstić information content (AvgIpc) is 3.20. The summed E-state index contributed by atoms with van der Waals surface area (Å²) in [5, 5.41) is 8.09. The smallest absolute Gasteiger partial charge is 0.283 e. The third kappa shape index (κ3) is 4.24. The van der Waals surface area contributed by atoms with E-state index in [9.17, 15) is 9.59 Å². The molecule has 0 atom stereocenters. The molecular formula is C19H17N5O3. The van der Waals surface area contributed by atoms with E-state index in [1.54, 1.807) is 28.9 Å². The van der Waals surface area contributed by atoms with Gasteiger partial charge in [0.1, 0.15) is 13.4 Å². The molecule has 8 heteroatoms. The van der Waals surface area contributed by atoms with Gasteiger partial charge in [-0.1, -0.05) is 53.7 Å². The quantitative estimate of drug-likeness (QED) is 0.363. The van der Waals surface area contributed by atoms with Crippen molar-refractivity contribution in [2.24, 2.45) is 5.16 Å². The summed E-state index contributed by atoms with van der Waals surface area (Å²) in [6.45, 7) is -0.0856. The van der Waals surface area contributed by atoms with Crippen LogP contribution in [-0.4, -0.2) is 44.8 Å². The maximum Gasteiger partial charge on any atom is 0.283 e. The molecule has 0 aliphatic heterocycles. The Labute approximate surface area is 155 Å². The first kappa shape index (κ1) is 18.0. The summed E-state index contributed by atoms with van der Waals surface area (Å²) in [5.41, 5.74) is 1.39.